The summed E-state index contributed by atoms with van der Waals surface area (Å²) < 4.78 is 6.96. The Kier molecular flexibility index (Phi) is 3.06. The van der Waals surface area contributed by atoms with Crippen molar-refractivity contribution in [2.45, 2.75) is 25.4 Å². The summed E-state index contributed by atoms with van der Waals surface area (Å²) in [5.41, 5.74) is 3.22. The molecule has 1 aliphatic carbocycles. The van der Waals surface area contributed by atoms with Crippen LogP contribution in [0.5, 0.6) is 0 Å². The SMILES string of the molecule is Cn1nc(NC(=O)c2ccc3c(c2)B(O)OC3)cc1C1CC1. The van der Waals surface area contributed by atoms with E-state index in [1.54, 1.807) is 12.1 Å². The van der Waals surface area contributed by atoms with Crippen LogP contribution in [0.3, 0.4) is 0 Å². The third-order valence-corrected chi connectivity index (χ3v) is 4.22. The van der Waals surface area contributed by atoms with Gasteiger partial charge in [0.05, 0.1) is 6.61 Å². The van der Waals surface area contributed by atoms with Crippen molar-refractivity contribution in [2.75, 3.05) is 5.32 Å². The fourth-order valence-corrected chi connectivity index (χ4v) is 2.85. The van der Waals surface area contributed by atoms with Crippen LogP contribution in [0.1, 0.15) is 40.4 Å². The third kappa shape index (κ3) is 2.32. The lowest BCUT2D eigenvalue weighted by Crippen LogP contribution is -2.29. The fourth-order valence-electron chi connectivity index (χ4n) is 2.85. The molecule has 1 aliphatic heterocycles. The minimum Gasteiger partial charge on any atom is -0.423 e. The number of carbonyl (C=O) groups excluding carboxylic acids is 1. The second kappa shape index (κ2) is 4.96. The first-order valence-electron chi connectivity index (χ1n) is 7.39. The molecule has 0 unspecified atom stereocenters. The summed E-state index contributed by atoms with van der Waals surface area (Å²) in [5, 5.41) is 16.9. The van der Waals surface area contributed by atoms with E-state index in [1.165, 1.54) is 12.8 Å². The number of aryl methyl sites for hydroxylation is 1. The van der Waals surface area contributed by atoms with Crippen LogP contribution < -0.4 is 10.8 Å². The molecule has 2 aromatic rings. The molecule has 2 heterocycles. The van der Waals surface area contributed by atoms with Gasteiger partial charge in [0.15, 0.2) is 5.82 Å². The lowest BCUT2D eigenvalue weighted by atomic mass is 9.79. The highest BCUT2D eigenvalue weighted by Crippen LogP contribution is 2.40. The van der Waals surface area contributed by atoms with Gasteiger partial charge >= 0.3 is 7.12 Å². The topological polar surface area (TPSA) is 76.4 Å². The van der Waals surface area contributed by atoms with Gasteiger partial charge in [-0.15, -0.1) is 0 Å². The normalized spacial score (nSPS) is 16.7. The predicted molar refractivity (Wildman–Crippen MR) is 82.0 cm³/mol. The molecule has 7 heteroatoms. The van der Waals surface area contributed by atoms with E-state index in [1.807, 2.05) is 23.9 Å². The third-order valence-electron chi connectivity index (χ3n) is 4.22. The average molecular weight is 297 g/mol. The maximum atomic E-state index is 12.3. The van der Waals surface area contributed by atoms with E-state index < -0.39 is 7.12 Å². The van der Waals surface area contributed by atoms with E-state index in [9.17, 15) is 9.82 Å². The number of nitrogens with one attached hydrogen (secondary N) is 1. The van der Waals surface area contributed by atoms with E-state index in [4.69, 9.17) is 4.65 Å². The average Bonchev–Trinajstić information content (AvgIpc) is 3.19. The predicted octanol–water partition coefficient (Wildman–Crippen LogP) is 0.767. The van der Waals surface area contributed by atoms with E-state index in [0.29, 0.717) is 29.4 Å². The van der Waals surface area contributed by atoms with Crippen molar-refractivity contribution < 1.29 is 14.5 Å². The van der Waals surface area contributed by atoms with E-state index in [0.717, 1.165) is 11.3 Å². The first-order valence-corrected chi connectivity index (χ1v) is 7.39. The van der Waals surface area contributed by atoms with E-state index in [2.05, 4.69) is 10.4 Å². The summed E-state index contributed by atoms with van der Waals surface area (Å²) in [4.78, 5) is 12.3. The Morgan fingerprint density at radius 1 is 1.45 bits per heavy atom. The molecule has 2 N–H and O–H groups in total. The lowest BCUT2D eigenvalue weighted by Gasteiger charge is -2.04. The number of fused-ring (bicyclic) bond motifs is 1. The summed E-state index contributed by atoms with van der Waals surface area (Å²) in [5.74, 6) is 0.907. The van der Waals surface area contributed by atoms with Gasteiger partial charge < -0.3 is 15.0 Å². The number of amides is 1. The Balaban J connectivity index is 1.55. The molecular weight excluding hydrogens is 281 g/mol. The van der Waals surface area contributed by atoms with Crippen molar-refractivity contribution >= 4 is 24.3 Å². The maximum Gasteiger partial charge on any atom is 0.491 e. The van der Waals surface area contributed by atoms with Crippen LogP contribution in [0.4, 0.5) is 5.82 Å². The Morgan fingerprint density at radius 2 is 2.27 bits per heavy atom. The second-order valence-corrected chi connectivity index (χ2v) is 5.88. The summed E-state index contributed by atoms with van der Waals surface area (Å²) in [6, 6.07) is 7.16. The quantitative estimate of drug-likeness (QED) is 0.820. The van der Waals surface area contributed by atoms with Gasteiger partial charge in [-0.1, -0.05) is 6.07 Å². The van der Waals surface area contributed by atoms with Gasteiger partial charge in [-0.05, 0) is 36.0 Å². The van der Waals surface area contributed by atoms with E-state index >= 15 is 0 Å². The van der Waals surface area contributed by atoms with Crippen molar-refractivity contribution in [1.29, 1.82) is 0 Å². The molecule has 0 atom stereocenters. The van der Waals surface area contributed by atoms with Crippen LogP contribution in [0.15, 0.2) is 24.3 Å². The summed E-state index contributed by atoms with van der Waals surface area (Å²) >= 11 is 0. The maximum absolute atomic E-state index is 12.3. The highest BCUT2D eigenvalue weighted by atomic mass is 16.5. The van der Waals surface area contributed by atoms with Crippen molar-refractivity contribution in [3.05, 3.63) is 41.1 Å². The smallest absolute Gasteiger partial charge is 0.423 e. The van der Waals surface area contributed by atoms with Crippen LogP contribution in [0.2, 0.25) is 0 Å². The molecule has 4 rings (SSSR count). The number of benzene rings is 1. The van der Waals surface area contributed by atoms with Crippen molar-refractivity contribution in [2.24, 2.45) is 7.05 Å². The Hall–Kier alpha value is -2.12. The summed E-state index contributed by atoms with van der Waals surface area (Å²) in [6.45, 7) is 0.378. The molecule has 1 aromatic carbocycles. The van der Waals surface area contributed by atoms with Crippen LogP contribution in [-0.4, -0.2) is 27.8 Å². The first kappa shape index (κ1) is 13.5. The zero-order valence-corrected chi connectivity index (χ0v) is 12.2. The number of nitrogens with zero attached hydrogens (tertiary/aromatic N) is 2. The van der Waals surface area contributed by atoms with Gasteiger partial charge in [0, 0.05) is 30.3 Å². The van der Waals surface area contributed by atoms with Crippen LogP contribution in [0.25, 0.3) is 0 Å². The molecule has 1 fully saturated rings. The first-order chi connectivity index (χ1) is 10.6. The number of aromatic nitrogens is 2. The minimum absolute atomic E-state index is 0.234. The Bertz CT molecular complexity index is 754. The van der Waals surface area contributed by atoms with Gasteiger partial charge in [0.2, 0.25) is 0 Å². The molecule has 0 saturated heterocycles. The van der Waals surface area contributed by atoms with Gasteiger partial charge in [0.25, 0.3) is 5.91 Å². The zero-order valence-electron chi connectivity index (χ0n) is 12.2. The summed E-state index contributed by atoms with van der Waals surface area (Å²) in [7, 11) is 0.950. The van der Waals surface area contributed by atoms with Gasteiger partial charge in [0.1, 0.15) is 0 Å². The number of carbonyl (C=O) groups is 1. The lowest BCUT2D eigenvalue weighted by molar-refractivity contribution is 0.102. The molecule has 0 radical (unpaired) electrons. The highest BCUT2D eigenvalue weighted by molar-refractivity contribution is 6.61. The molecule has 1 saturated carbocycles. The minimum atomic E-state index is -0.945. The van der Waals surface area contributed by atoms with Crippen molar-refractivity contribution in [1.82, 2.24) is 9.78 Å². The molecule has 22 heavy (non-hydrogen) atoms. The van der Waals surface area contributed by atoms with Crippen LogP contribution >= 0.6 is 0 Å². The Labute approximate surface area is 128 Å². The van der Waals surface area contributed by atoms with Gasteiger partial charge in [-0.3, -0.25) is 9.48 Å². The van der Waals surface area contributed by atoms with E-state index in [-0.39, 0.29) is 5.91 Å². The zero-order chi connectivity index (χ0) is 15.3. The molecule has 1 amide bonds. The molecule has 2 aliphatic rings. The molecule has 0 spiro atoms. The number of hydrogen-bond donors (Lipinski definition) is 2. The summed E-state index contributed by atoms with van der Waals surface area (Å²) in [6.07, 6.45) is 2.38. The van der Waals surface area contributed by atoms with Crippen molar-refractivity contribution in [3.8, 4) is 0 Å². The van der Waals surface area contributed by atoms with Gasteiger partial charge in [-0.25, -0.2) is 0 Å². The van der Waals surface area contributed by atoms with Crippen LogP contribution in [-0.2, 0) is 18.3 Å². The number of rotatable bonds is 3. The molecule has 0 bridgehead atoms. The monoisotopic (exact) mass is 297 g/mol. The Morgan fingerprint density at radius 3 is 3.05 bits per heavy atom. The van der Waals surface area contributed by atoms with Crippen LogP contribution in [0, 0.1) is 0 Å². The van der Waals surface area contributed by atoms with Gasteiger partial charge in [-0.2, -0.15) is 5.10 Å². The molecule has 112 valence electrons. The van der Waals surface area contributed by atoms with Crippen molar-refractivity contribution in [3.63, 3.8) is 0 Å². The fraction of sp³-hybridized carbons (Fsp3) is 0.333. The molecule has 1 aromatic heterocycles. The second-order valence-electron chi connectivity index (χ2n) is 5.88. The molecular formula is C15H16BN3O3. The standard InChI is InChI=1S/C15H16BN3O3/c1-19-13(9-2-3-9)7-14(18-19)17-15(20)10-4-5-11-8-22-16(21)12(11)6-10/h4-7,9,21H,2-3,8H2,1H3,(H,17,18,20). The largest absolute Gasteiger partial charge is 0.491 e. The number of hydrogen-bond acceptors (Lipinski definition) is 4. The highest BCUT2D eigenvalue weighted by Gasteiger charge is 2.29. The number of anilines is 1. The molecule has 6 nitrogen and oxygen atoms in total.